The molecular weight excluding hydrogens is 753 g/mol. The summed E-state index contributed by atoms with van der Waals surface area (Å²) < 4.78 is 70.3. The maximum atomic E-state index is 17.0. The number of carbonyl (C=O) groups is 3. The molecule has 2 aromatic heterocycles. The summed E-state index contributed by atoms with van der Waals surface area (Å²) in [7, 11) is 1.50. The van der Waals surface area contributed by atoms with E-state index in [1.54, 1.807) is 43.3 Å². The van der Waals surface area contributed by atoms with E-state index in [1.807, 2.05) is 12.1 Å². The summed E-state index contributed by atoms with van der Waals surface area (Å²) in [5.41, 5.74) is 3.34. The Morgan fingerprint density at radius 1 is 0.964 bits per heavy atom. The van der Waals surface area contributed by atoms with Crippen molar-refractivity contribution in [3.8, 4) is 11.8 Å². The molecule has 4 heterocycles. The van der Waals surface area contributed by atoms with Gasteiger partial charge in [-0.3, -0.25) is 14.1 Å². The number of unbranched alkanes of at least 4 members (excludes halogenated alkanes) is 1. The molecule has 3 aromatic rings. The Labute approximate surface area is 323 Å². The maximum Gasteiger partial charge on any atom is 0.737 e. The molecule has 56 heavy (non-hydrogen) atoms. The number of allylic oxidation sites excluding steroid dienone is 2. The molecular formula is C37H48BF2N6O9S+. The van der Waals surface area contributed by atoms with E-state index in [0.29, 0.717) is 39.4 Å². The fourth-order valence-corrected chi connectivity index (χ4v) is 7.52. The van der Waals surface area contributed by atoms with Crippen LogP contribution in [0.25, 0.3) is 6.08 Å². The van der Waals surface area contributed by atoms with E-state index in [2.05, 4.69) is 31.8 Å². The second-order valence-corrected chi connectivity index (χ2v) is 16.5. The Kier molecular flexibility index (Phi) is 12.6. The Morgan fingerprint density at radius 3 is 2.29 bits per heavy atom. The van der Waals surface area contributed by atoms with Crippen LogP contribution in [0.1, 0.15) is 61.0 Å². The number of nitrogens with one attached hydrogen (secondary N) is 2. The first-order valence-electron chi connectivity index (χ1n) is 18.3. The topological polar surface area (TPSA) is 192 Å². The molecule has 2 aliphatic rings. The van der Waals surface area contributed by atoms with Crippen molar-refractivity contribution < 1.29 is 60.0 Å². The SMILES string of the molecule is Cc1cc(CCC(=O)NC(CS(=O)(=O)O)C(=O)NCCCCC(=O)On2c(O)ccc2O)n2c1C=C1C(CCC[N+](C)(C)C)=CC(c3ccccc3)=[N+]1[B-]2(F)F. The first kappa shape index (κ1) is 41.9. The Bertz CT molecular complexity index is 2170. The molecule has 5 N–H and O–H groups in total. The average Bonchev–Trinajstić information content (AvgIpc) is 3.75. The number of nitrogens with zero attached hydrogens (tertiary/aromatic N) is 4. The minimum Gasteiger partial charge on any atom is -0.492 e. The lowest BCUT2D eigenvalue weighted by molar-refractivity contribution is -0.870. The Hall–Kier alpha value is -5.27. The van der Waals surface area contributed by atoms with Crippen molar-refractivity contribution in [2.24, 2.45) is 0 Å². The van der Waals surface area contributed by atoms with Gasteiger partial charge in [0.05, 0.1) is 27.7 Å². The highest BCUT2D eigenvalue weighted by atomic mass is 32.2. The van der Waals surface area contributed by atoms with Crippen LogP contribution in [0.4, 0.5) is 8.63 Å². The number of benzene rings is 1. The molecule has 0 spiro atoms. The third-order valence-electron chi connectivity index (χ3n) is 9.49. The van der Waals surface area contributed by atoms with E-state index < -0.39 is 58.4 Å². The standard InChI is InChI=1S/C37H47BF2N6O9S/c1-25-21-28(43-30(25)23-32-27(13-10-20-46(2,3)4)22-31(44(32)38(43,39)40)26-11-6-5-7-12-26)15-16-33(47)42-29(24-56(52,53)54)37(51)41-19-9-8-14-36(50)55-45-34(48)17-18-35(45)49/h5-7,11-12,17-18,21-23,29H,8-10,13-16,19-20,24H2,1-4H3,(H4-,41,42,47,48,49,51,52,53,54)/p+1. The Morgan fingerprint density at radius 2 is 1.64 bits per heavy atom. The van der Waals surface area contributed by atoms with Crippen molar-refractivity contribution in [1.82, 2.24) is 19.8 Å². The summed E-state index contributed by atoms with van der Waals surface area (Å²) in [6.45, 7) is -1.91. The molecule has 302 valence electrons. The normalized spacial score (nSPS) is 15.4. The van der Waals surface area contributed by atoms with Gasteiger partial charge in [0.1, 0.15) is 11.8 Å². The molecule has 0 saturated carbocycles. The average molecular weight is 802 g/mol. The van der Waals surface area contributed by atoms with Crippen molar-refractivity contribution in [2.75, 3.05) is 40.0 Å². The molecule has 15 nitrogen and oxygen atoms in total. The number of aryl methyl sites for hydroxylation is 2. The lowest BCUT2D eigenvalue weighted by Crippen LogP contribution is -2.51. The summed E-state index contributed by atoms with van der Waals surface area (Å²) in [6.07, 6.45) is 4.71. The van der Waals surface area contributed by atoms with E-state index in [0.717, 1.165) is 44.1 Å². The zero-order chi connectivity index (χ0) is 41.0. The van der Waals surface area contributed by atoms with E-state index >= 15 is 8.63 Å². The minimum absolute atomic E-state index is 0.0446. The Balaban J connectivity index is 1.25. The lowest BCUT2D eigenvalue weighted by atomic mass is 9.88. The van der Waals surface area contributed by atoms with Crippen LogP contribution in [-0.2, 0) is 30.9 Å². The summed E-state index contributed by atoms with van der Waals surface area (Å²) in [4.78, 5) is 42.9. The van der Waals surface area contributed by atoms with Gasteiger partial charge in [0.2, 0.25) is 23.6 Å². The molecule has 1 atom stereocenters. The number of quaternary nitrogens is 1. The first-order chi connectivity index (χ1) is 26.2. The van der Waals surface area contributed by atoms with Crippen LogP contribution < -0.4 is 15.5 Å². The fraction of sp³-hybridized carbons (Fsp3) is 0.405. The highest BCUT2D eigenvalue weighted by molar-refractivity contribution is 7.85. The zero-order valence-electron chi connectivity index (χ0n) is 31.7. The van der Waals surface area contributed by atoms with Crippen LogP contribution in [0.2, 0.25) is 0 Å². The van der Waals surface area contributed by atoms with Crippen molar-refractivity contribution in [2.45, 2.75) is 57.9 Å². The maximum absolute atomic E-state index is 17.0. The van der Waals surface area contributed by atoms with Gasteiger partial charge in [-0.1, -0.05) is 18.2 Å². The number of halogens is 2. The summed E-state index contributed by atoms with van der Waals surface area (Å²) >= 11 is 0. The predicted molar refractivity (Wildman–Crippen MR) is 204 cm³/mol. The van der Waals surface area contributed by atoms with Crippen molar-refractivity contribution in [3.05, 3.63) is 88.4 Å². The summed E-state index contributed by atoms with van der Waals surface area (Å²) in [6, 6.07) is 11.1. The number of aromatic nitrogens is 2. The third-order valence-corrected chi connectivity index (χ3v) is 10.2. The molecule has 19 heteroatoms. The first-order valence-corrected chi connectivity index (χ1v) is 19.9. The second kappa shape index (κ2) is 16.8. The van der Waals surface area contributed by atoms with Crippen molar-refractivity contribution in [1.29, 1.82) is 0 Å². The van der Waals surface area contributed by atoms with E-state index in [9.17, 15) is 37.6 Å². The summed E-state index contributed by atoms with van der Waals surface area (Å²) in [5.74, 6) is -4.62. The van der Waals surface area contributed by atoms with Gasteiger partial charge in [0.15, 0.2) is 11.4 Å². The van der Waals surface area contributed by atoms with Gasteiger partial charge < -0.3 is 47.8 Å². The largest absolute Gasteiger partial charge is 0.737 e. The van der Waals surface area contributed by atoms with Crippen LogP contribution in [0.5, 0.6) is 11.8 Å². The van der Waals surface area contributed by atoms with Gasteiger partial charge in [0.25, 0.3) is 10.1 Å². The quantitative estimate of drug-likeness (QED) is 0.0557. The molecule has 5 rings (SSSR count). The van der Waals surface area contributed by atoms with Gasteiger partial charge >= 0.3 is 12.9 Å². The van der Waals surface area contributed by atoms with Crippen LogP contribution in [0.3, 0.4) is 0 Å². The number of rotatable bonds is 18. The highest BCUT2D eigenvalue weighted by Crippen LogP contribution is 2.39. The van der Waals surface area contributed by atoms with E-state index in [-0.39, 0.29) is 44.3 Å². The number of amides is 2. The van der Waals surface area contributed by atoms with E-state index in [4.69, 9.17) is 4.84 Å². The number of aromatic hydroxyl groups is 2. The number of fused-ring (bicyclic) bond motifs is 2. The molecule has 0 saturated heterocycles. The fourth-order valence-electron chi connectivity index (χ4n) is 6.86. The second-order valence-electron chi connectivity index (χ2n) is 15.0. The van der Waals surface area contributed by atoms with Gasteiger partial charge in [-0.15, -0.1) is 4.73 Å². The van der Waals surface area contributed by atoms with Gasteiger partial charge in [-0.25, -0.2) is 4.79 Å². The molecule has 0 aliphatic carbocycles. The third kappa shape index (κ3) is 10.1. The monoisotopic (exact) mass is 801 g/mol. The van der Waals surface area contributed by atoms with Crippen LogP contribution in [0.15, 0.2) is 65.9 Å². The van der Waals surface area contributed by atoms with Crippen molar-refractivity contribution in [3.63, 3.8) is 0 Å². The minimum atomic E-state index is -4.74. The zero-order valence-corrected chi connectivity index (χ0v) is 32.6. The van der Waals surface area contributed by atoms with Crippen LogP contribution in [-0.4, -0.2) is 118 Å². The molecule has 0 radical (unpaired) electrons. The smallest absolute Gasteiger partial charge is 0.492 e. The number of carbonyl (C=O) groups excluding carboxylic acids is 3. The van der Waals surface area contributed by atoms with E-state index in [1.165, 1.54) is 0 Å². The highest BCUT2D eigenvalue weighted by Gasteiger charge is 2.54. The molecule has 0 fully saturated rings. The van der Waals surface area contributed by atoms with Crippen LogP contribution in [0, 0.1) is 6.92 Å². The predicted octanol–water partition coefficient (Wildman–Crippen LogP) is 2.76. The van der Waals surface area contributed by atoms with Gasteiger partial charge in [0, 0.05) is 66.9 Å². The molecule has 1 aromatic carbocycles. The van der Waals surface area contributed by atoms with Crippen molar-refractivity contribution >= 4 is 46.7 Å². The molecule has 2 aliphatic heterocycles. The molecule has 2 amide bonds. The van der Waals surface area contributed by atoms with Crippen LogP contribution >= 0.6 is 0 Å². The van der Waals surface area contributed by atoms with Gasteiger partial charge in [-0.2, -0.15) is 8.42 Å². The number of hydrogen-bond acceptors (Lipinski definition) is 8. The lowest BCUT2D eigenvalue weighted by Gasteiger charge is -2.32. The molecule has 0 bridgehead atoms. The molecule has 1 unspecified atom stereocenters. The summed E-state index contributed by atoms with van der Waals surface area (Å²) in [5, 5.41) is 23.9. The van der Waals surface area contributed by atoms with Gasteiger partial charge in [-0.05, 0) is 62.1 Å². The number of hydrogen-bond donors (Lipinski definition) is 5.